The molecule has 0 aliphatic carbocycles. The highest BCUT2D eigenvalue weighted by molar-refractivity contribution is 4.57. The van der Waals surface area contributed by atoms with E-state index in [1.54, 1.807) is 7.11 Å². The van der Waals surface area contributed by atoms with Crippen molar-refractivity contribution in [1.29, 1.82) is 0 Å². The Bertz CT molecular complexity index is 161. The molecule has 0 radical (unpaired) electrons. The van der Waals surface area contributed by atoms with Gasteiger partial charge in [-0.1, -0.05) is 0 Å². The van der Waals surface area contributed by atoms with E-state index >= 15 is 0 Å². The molecule has 1 fully saturated rings. The Morgan fingerprint density at radius 2 is 1.39 bits per heavy atom. The monoisotopic (exact) mass is 262 g/mol. The Morgan fingerprint density at radius 1 is 0.833 bits per heavy atom. The standard InChI is InChI=1S/C13H26O5/c1-14-11-13-3-2-4-15-5-6-16-7-8-17-9-10-18-12-13/h13H,2-12H2,1H3. The number of ether oxygens (including phenoxy) is 5. The molecular weight excluding hydrogens is 236 g/mol. The lowest BCUT2D eigenvalue weighted by molar-refractivity contribution is -0.00531. The van der Waals surface area contributed by atoms with Crippen LogP contribution < -0.4 is 0 Å². The molecule has 108 valence electrons. The maximum atomic E-state index is 5.59. The van der Waals surface area contributed by atoms with Crippen LogP contribution in [-0.4, -0.2) is 66.6 Å². The fourth-order valence-electron chi connectivity index (χ4n) is 1.83. The highest BCUT2D eigenvalue weighted by Gasteiger charge is 2.09. The topological polar surface area (TPSA) is 46.2 Å². The second-order valence-electron chi connectivity index (χ2n) is 4.38. The number of hydrogen-bond donors (Lipinski definition) is 0. The summed E-state index contributed by atoms with van der Waals surface area (Å²) in [6.07, 6.45) is 2.10. The third-order valence-electron chi connectivity index (χ3n) is 2.77. The molecular formula is C13H26O5. The van der Waals surface area contributed by atoms with Gasteiger partial charge in [0.25, 0.3) is 0 Å². The van der Waals surface area contributed by atoms with Gasteiger partial charge in [-0.2, -0.15) is 0 Å². The largest absolute Gasteiger partial charge is 0.384 e. The van der Waals surface area contributed by atoms with Crippen LogP contribution in [0.15, 0.2) is 0 Å². The third kappa shape index (κ3) is 8.83. The Balaban J connectivity index is 2.20. The van der Waals surface area contributed by atoms with Crippen molar-refractivity contribution in [2.24, 2.45) is 5.92 Å². The molecule has 1 rings (SSSR count). The maximum Gasteiger partial charge on any atom is 0.0701 e. The van der Waals surface area contributed by atoms with E-state index in [1.807, 2.05) is 0 Å². The molecule has 0 aromatic heterocycles. The Morgan fingerprint density at radius 3 is 2.00 bits per heavy atom. The van der Waals surface area contributed by atoms with E-state index in [0.717, 1.165) is 32.7 Å². The van der Waals surface area contributed by atoms with Gasteiger partial charge < -0.3 is 23.7 Å². The Labute approximate surface area is 110 Å². The molecule has 0 aromatic carbocycles. The van der Waals surface area contributed by atoms with Gasteiger partial charge in [-0.3, -0.25) is 0 Å². The van der Waals surface area contributed by atoms with Crippen LogP contribution in [0.1, 0.15) is 12.8 Å². The summed E-state index contributed by atoms with van der Waals surface area (Å²) in [6, 6.07) is 0. The maximum absolute atomic E-state index is 5.59. The van der Waals surface area contributed by atoms with Gasteiger partial charge in [-0.25, -0.2) is 0 Å². The van der Waals surface area contributed by atoms with Crippen LogP contribution in [0.3, 0.4) is 0 Å². The SMILES string of the molecule is COCC1CCCOCCOCCOCCOC1. The molecule has 1 aliphatic heterocycles. The minimum Gasteiger partial charge on any atom is -0.384 e. The second kappa shape index (κ2) is 11.9. The van der Waals surface area contributed by atoms with Crippen LogP contribution in [0.2, 0.25) is 0 Å². The van der Waals surface area contributed by atoms with E-state index in [0.29, 0.717) is 45.6 Å². The average Bonchev–Trinajstić information content (AvgIpc) is 2.39. The Hall–Kier alpha value is -0.200. The van der Waals surface area contributed by atoms with Crippen LogP contribution in [0.4, 0.5) is 0 Å². The summed E-state index contributed by atoms with van der Waals surface area (Å²) < 4.78 is 27.0. The molecule has 0 saturated carbocycles. The van der Waals surface area contributed by atoms with Crippen molar-refractivity contribution in [3.8, 4) is 0 Å². The summed E-state index contributed by atoms with van der Waals surface area (Å²) >= 11 is 0. The summed E-state index contributed by atoms with van der Waals surface area (Å²) in [7, 11) is 1.73. The van der Waals surface area contributed by atoms with Crippen molar-refractivity contribution >= 4 is 0 Å². The molecule has 18 heavy (non-hydrogen) atoms. The van der Waals surface area contributed by atoms with Crippen molar-refractivity contribution in [3.05, 3.63) is 0 Å². The first kappa shape index (κ1) is 15.9. The summed E-state index contributed by atoms with van der Waals surface area (Å²) in [5.41, 5.74) is 0. The van der Waals surface area contributed by atoms with Gasteiger partial charge in [0.05, 0.1) is 52.9 Å². The van der Waals surface area contributed by atoms with Crippen LogP contribution in [0, 0.1) is 5.92 Å². The van der Waals surface area contributed by atoms with Gasteiger partial charge in [-0.05, 0) is 12.8 Å². The second-order valence-corrected chi connectivity index (χ2v) is 4.38. The third-order valence-corrected chi connectivity index (χ3v) is 2.77. The zero-order valence-electron chi connectivity index (χ0n) is 11.4. The highest BCUT2D eigenvalue weighted by atomic mass is 16.6. The van der Waals surface area contributed by atoms with Crippen LogP contribution in [0.25, 0.3) is 0 Å². The van der Waals surface area contributed by atoms with Gasteiger partial charge in [0.1, 0.15) is 0 Å². The summed E-state index contributed by atoms with van der Waals surface area (Å²) in [4.78, 5) is 0. The molecule has 5 heteroatoms. The van der Waals surface area contributed by atoms with Gasteiger partial charge in [0.2, 0.25) is 0 Å². The quantitative estimate of drug-likeness (QED) is 0.746. The van der Waals surface area contributed by atoms with Gasteiger partial charge in [0, 0.05) is 19.6 Å². The normalized spacial score (nSPS) is 26.2. The lowest BCUT2D eigenvalue weighted by atomic mass is 10.1. The lowest BCUT2D eigenvalue weighted by Gasteiger charge is -2.16. The van der Waals surface area contributed by atoms with Crippen molar-refractivity contribution in [2.45, 2.75) is 12.8 Å². The molecule has 0 bridgehead atoms. The van der Waals surface area contributed by atoms with E-state index in [4.69, 9.17) is 23.7 Å². The molecule has 0 spiro atoms. The Kier molecular flexibility index (Phi) is 10.5. The first-order valence-electron chi connectivity index (χ1n) is 6.73. The molecule has 1 unspecified atom stereocenters. The fourth-order valence-corrected chi connectivity index (χ4v) is 1.83. The average molecular weight is 262 g/mol. The zero-order chi connectivity index (χ0) is 12.9. The predicted molar refractivity (Wildman–Crippen MR) is 67.9 cm³/mol. The molecule has 5 nitrogen and oxygen atoms in total. The number of rotatable bonds is 2. The van der Waals surface area contributed by atoms with E-state index in [-0.39, 0.29) is 0 Å². The van der Waals surface area contributed by atoms with Gasteiger partial charge in [-0.15, -0.1) is 0 Å². The van der Waals surface area contributed by atoms with E-state index < -0.39 is 0 Å². The zero-order valence-corrected chi connectivity index (χ0v) is 11.4. The van der Waals surface area contributed by atoms with Crippen molar-refractivity contribution in [3.63, 3.8) is 0 Å². The summed E-state index contributed by atoms with van der Waals surface area (Å²) in [5.74, 6) is 0.444. The molecule has 1 saturated heterocycles. The summed E-state index contributed by atoms with van der Waals surface area (Å²) in [5, 5.41) is 0. The minimum atomic E-state index is 0.444. The fraction of sp³-hybridized carbons (Fsp3) is 1.00. The minimum absolute atomic E-state index is 0.444. The van der Waals surface area contributed by atoms with Crippen LogP contribution in [-0.2, 0) is 23.7 Å². The van der Waals surface area contributed by atoms with Crippen molar-refractivity contribution in [2.75, 3.05) is 66.6 Å². The van der Waals surface area contributed by atoms with Crippen molar-refractivity contribution < 1.29 is 23.7 Å². The molecule has 0 aromatic rings. The van der Waals surface area contributed by atoms with E-state index in [9.17, 15) is 0 Å². The lowest BCUT2D eigenvalue weighted by Crippen LogP contribution is -2.18. The first-order chi connectivity index (χ1) is 8.93. The van der Waals surface area contributed by atoms with Gasteiger partial charge in [0.15, 0.2) is 0 Å². The molecule has 0 N–H and O–H groups in total. The molecule has 0 amide bonds. The number of hydrogen-bond acceptors (Lipinski definition) is 5. The summed E-state index contributed by atoms with van der Waals surface area (Å²) in [6.45, 7) is 6.04. The van der Waals surface area contributed by atoms with E-state index in [2.05, 4.69) is 0 Å². The van der Waals surface area contributed by atoms with E-state index in [1.165, 1.54) is 0 Å². The smallest absolute Gasteiger partial charge is 0.0701 e. The first-order valence-corrected chi connectivity index (χ1v) is 6.73. The molecule has 1 heterocycles. The molecule has 1 atom stereocenters. The number of methoxy groups -OCH3 is 1. The predicted octanol–water partition coefficient (Wildman–Crippen LogP) is 1.11. The van der Waals surface area contributed by atoms with Crippen LogP contribution >= 0.6 is 0 Å². The van der Waals surface area contributed by atoms with Crippen LogP contribution in [0.5, 0.6) is 0 Å². The van der Waals surface area contributed by atoms with Gasteiger partial charge >= 0.3 is 0 Å². The molecule has 1 aliphatic rings. The highest BCUT2D eigenvalue weighted by Crippen LogP contribution is 2.08. The van der Waals surface area contributed by atoms with Crippen molar-refractivity contribution in [1.82, 2.24) is 0 Å².